The van der Waals surface area contributed by atoms with E-state index in [1.54, 1.807) is 6.07 Å². The largest absolute Gasteiger partial charge is 0.450 e. The summed E-state index contributed by atoms with van der Waals surface area (Å²) < 4.78 is 6.56. The molecule has 0 bridgehead atoms. The van der Waals surface area contributed by atoms with Crippen LogP contribution < -0.4 is 5.32 Å². The Kier molecular flexibility index (Phi) is 6.17. The van der Waals surface area contributed by atoms with Crippen LogP contribution in [0.2, 0.25) is 0 Å². The molecule has 0 atom stereocenters. The number of nitro groups is 1. The molecule has 164 valence electrons. The summed E-state index contributed by atoms with van der Waals surface area (Å²) >= 11 is 0. The molecule has 0 saturated heterocycles. The zero-order valence-electron chi connectivity index (χ0n) is 17.1. The van der Waals surface area contributed by atoms with Crippen LogP contribution in [-0.4, -0.2) is 38.2 Å². The number of amides is 1. The average molecular weight is 443 g/mol. The standard InChI is InChI=1S/C23H17N5O5/c29-20(24-18-13-7-8-14-19(18)28(31)32)15-33-23(30)21-25-22(16-9-3-1-4-10-16)27(26-21)17-11-5-2-6-12-17/h1-14H,15H2,(H,24,29). The number of rotatable bonds is 7. The molecule has 0 unspecified atom stereocenters. The van der Waals surface area contributed by atoms with Crippen molar-refractivity contribution in [2.75, 3.05) is 11.9 Å². The van der Waals surface area contributed by atoms with E-state index in [4.69, 9.17) is 4.74 Å². The fourth-order valence-corrected chi connectivity index (χ4v) is 3.04. The molecule has 1 N–H and O–H groups in total. The van der Waals surface area contributed by atoms with Crippen LogP contribution in [-0.2, 0) is 9.53 Å². The molecule has 0 fully saturated rings. The number of hydrogen-bond acceptors (Lipinski definition) is 7. The minimum absolute atomic E-state index is 0.00129. The van der Waals surface area contributed by atoms with Crippen LogP contribution >= 0.6 is 0 Å². The second-order valence-corrected chi connectivity index (χ2v) is 6.77. The first kappa shape index (κ1) is 21.4. The molecule has 0 radical (unpaired) electrons. The summed E-state index contributed by atoms with van der Waals surface area (Å²) in [6, 6.07) is 24.0. The number of nitrogens with one attached hydrogen (secondary N) is 1. The molecule has 1 amide bonds. The number of carbonyl (C=O) groups excluding carboxylic acids is 2. The Bertz CT molecular complexity index is 1250. The summed E-state index contributed by atoms with van der Waals surface area (Å²) in [6.45, 7) is -0.661. The van der Waals surface area contributed by atoms with Crippen LogP contribution in [0, 0.1) is 10.1 Å². The van der Waals surface area contributed by atoms with Gasteiger partial charge in [0.05, 0.1) is 10.6 Å². The molecule has 1 aromatic heterocycles. The molecule has 1 heterocycles. The maximum Gasteiger partial charge on any atom is 0.378 e. The van der Waals surface area contributed by atoms with Crippen LogP contribution in [0.5, 0.6) is 0 Å². The Balaban J connectivity index is 1.51. The van der Waals surface area contributed by atoms with Gasteiger partial charge in [-0.1, -0.05) is 60.7 Å². The van der Waals surface area contributed by atoms with Crippen molar-refractivity contribution in [2.45, 2.75) is 0 Å². The summed E-state index contributed by atoms with van der Waals surface area (Å²) in [5, 5.41) is 17.7. The fraction of sp³-hybridized carbons (Fsp3) is 0.0435. The van der Waals surface area contributed by atoms with Gasteiger partial charge in [0.1, 0.15) is 5.69 Å². The lowest BCUT2D eigenvalue weighted by Crippen LogP contribution is -2.22. The van der Waals surface area contributed by atoms with Gasteiger partial charge >= 0.3 is 5.97 Å². The van der Waals surface area contributed by atoms with Gasteiger partial charge in [-0.3, -0.25) is 14.9 Å². The number of aromatic nitrogens is 3. The topological polar surface area (TPSA) is 129 Å². The van der Waals surface area contributed by atoms with Gasteiger partial charge in [-0.2, -0.15) is 0 Å². The lowest BCUT2D eigenvalue weighted by molar-refractivity contribution is -0.383. The Morgan fingerprint density at radius 2 is 1.58 bits per heavy atom. The van der Waals surface area contributed by atoms with Crippen LogP contribution in [0.15, 0.2) is 84.9 Å². The molecular formula is C23H17N5O5. The highest BCUT2D eigenvalue weighted by atomic mass is 16.6. The van der Waals surface area contributed by atoms with Crippen molar-refractivity contribution in [3.63, 3.8) is 0 Å². The van der Waals surface area contributed by atoms with Gasteiger partial charge < -0.3 is 10.1 Å². The van der Waals surface area contributed by atoms with E-state index in [-0.39, 0.29) is 17.2 Å². The molecule has 4 rings (SSSR count). The van der Waals surface area contributed by atoms with E-state index in [9.17, 15) is 19.7 Å². The predicted octanol–water partition coefficient (Wildman–Crippen LogP) is 3.64. The van der Waals surface area contributed by atoms with Gasteiger partial charge in [-0.25, -0.2) is 14.5 Å². The second-order valence-electron chi connectivity index (χ2n) is 6.77. The lowest BCUT2D eigenvalue weighted by atomic mass is 10.2. The van der Waals surface area contributed by atoms with Crippen molar-refractivity contribution in [3.05, 3.63) is 101 Å². The molecule has 10 heteroatoms. The van der Waals surface area contributed by atoms with E-state index >= 15 is 0 Å². The van der Waals surface area contributed by atoms with Gasteiger partial charge in [-0.15, -0.1) is 5.10 Å². The molecule has 10 nitrogen and oxygen atoms in total. The summed E-state index contributed by atoms with van der Waals surface area (Å²) in [5.41, 5.74) is 1.16. The number of nitro benzene ring substituents is 1. The summed E-state index contributed by atoms with van der Waals surface area (Å²) in [6.07, 6.45) is 0. The summed E-state index contributed by atoms with van der Waals surface area (Å²) in [5.74, 6) is -1.43. The molecule has 33 heavy (non-hydrogen) atoms. The second kappa shape index (κ2) is 9.52. The predicted molar refractivity (Wildman–Crippen MR) is 119 cm³/mol. The van der Waals surface area contributed by atoms with Gasteiger partial charge in [0, 0.05) is 11.6 Å². The van der Waals surface area contributed by atoms with E-state index in [0.717, 1.165) is 5.56 Å². The van der Waals surface area contributed by atoms with Crippen molar-refractivity contribution in [2.24, 2.45) is 0 Å². The smallest absolute Gasteiger partial charge is 0.378 e. The van der Waals surface area contributed by atoms with Crippen LogP contribution in [0.25, 0.3) is 17.1 Å². The first-order chi connectivity index (χ1) is 16.0. The number of benzene rings is 3. The summed E-state index contributed by atoms with van der Waals surface area (Å²) in [7, 11) is 0. The van der Waals surface area contributed by atoms with E-state index in [1.165, 1.54) is 22.9 Å². The lowest BCUT2D eigenvalue weighted by Gasteiger charge is -2.06. The number of anilines is 1. The van der Waals surface area contributed by atoms with Gasteiger partial charge in [0.15, 0.2) is 12.4 Å². The number of ether oxygens (including phenoxy) is 1. The van der Waals surface area contributed by atoms with Crippen molar-refractivity contribution in [1.82, 2.24) is 14.8 Å². The molecule has 0 aliphatic heterocycles. The number of hydrogen-bond donors (Lipinski definition) is 1. The van der Waals surface area contributed by atoms with Crippen molar-refractivity contribution < 1.29 is 19.2 Å². The summed E-state index contributed by atoms with van der Waals surface area (Å²) in [4.78, 5) is 39.5. The monoisotopic (exact) mass is 443 g/mol. The number of nitrogens with zero attached hydrogens (tertiary/aromatic N) is 4. The Labute approximate surface area is 187 Å². The molecule has 0 spiro atoms. The SMILES string of the molecule is O=C(COC(=O)c1nc(-c2ccccc2)n(-c2ccccc2)n1)Nc1ccccc1[N+](=O)[O-]. The first-order valence-electron chi connectivity index (χ1n) is 9.81. The zero-order chi connectivity index (χ0) is 23.2. The van der Waals surface area contributed by atoms with Gasteiger partial charge in [0.2, 0.25) is 0 Å². The van der Waals surface area contributed by atoms with Gasteiger partial charge in [0.25, 0.3) is 17.4 Å². The number of esters is 1. The Morgan fingerprint density at radius 1 is 0.939 bits per heavy atom. The zero-order valence-corrected chi connectivity index (χ0v) is 17.1. The maximum absolute atomic E-state index is 12.6. The third-order valence-electron chi connectivity index (χ3n) is 4.53. The van der Waals surface area contributed by atoms with Crippen molar-refractivity contribution in [3.8, 4) is 17.1 Å². The first-order valence-corrected chi connectivity index (χ1v) is 9.81. The normalized spacial score (nSPS) is 10.4. The Morgan fingerprint density at radius 3 is 2.27 bits per heavy atom. The molecule has 0 aliphatic rings. The third kappa shape index (κ3) is 4.90. The minimum Gasteiger partial charge on any atom is -0.450 e. The maximum atomic E-state index is 12.6. The van der Waals surface area contributed by atoms with E-state index in [1.807, 2.05) is 60.7 Å². The van der Waals surface area contributed by atoms with E-state index in [0.29, 0.717) is 11.5 Å². The van der Waals surface area contributed by atoms with Crippen LogP contribution in [0.1, 0.15) is 10.6 Å². The highest BCUT2D eigenvalue weighted by Gasteiger charge is 2.21. The third-order valence-corrected chi connectivity index (χ3v) is 4.53. The van der Waals surface area contributed by atoms with Crippen LogP contribution in [0.4, 0.5) is 11.4 Å². The molecule has 3 aromatic carbocycles. The quantitative estimate of drug-likeness (QED) is 0.262. The molecular weight excluding hydrogens is 426 g/mol. The minimum atomic E-state index is -0.903. The van der Waals surface area contributed by atoms with E-state index < -0.39 is 23.4 Å². The number of carbonyl (C=O) groups is 2. The van der Waals surface area contributed by atoms with Crippen LogP contribution in [0.3, 0.4) is 0 Å². The average Bonchev–Trinajstić information content (AvgIpc) is 3.29. The van der Waals surface area contributed by atoms with Gasteiger partial charge in [-0.05, 0) is 18.2 Å². The Hall–Kier alpha value is -4.86. The number of para-hydroxylation sites is 3. The highest BCUT2D eigenvalue weighted by molar-refractivity contribution is 5.96. The fourth-order valence-electron chi connectivity index (χ4n) is 3.04. The highest BCUT2D eigenvalue weighted by Crippen LogP contribution is 2.23. The molecule has 0 aliphatic carbocycles. The van der Waals surface area contributed by atoms with Crippen molar-refractivity contribution >= 4 is 23.3 Å². The van der Waals surface area contributed by atoms with Crippen molar-refractivity contribution in [1.29, 1.82) is 0 Å². The molecule has 0 saturated carbocycles. The van der Waals surface area contributed by atoms with E-state index in [2.05, 4.69) is 15.4 Å². The molecule has 4 aromatic rings.